The first kappa shape index (κ1) is 14.5. The van der Waals surface area contributed by atoms with Gasteiger partial charge in [-0.3, -0.25) is 14.7 Å². The molecule has 0 saturated carbocycles. The average molecular weight is 280 g/mol. The summed E-state index contributed by atoms with van der Waals surface area (Å²) in [7, 11) is 0. The molecule has 1 amide bonds. The van der Waals surface area contributed by atoms with E-state index in [2.05, 4.69) is 15.2 Å². The Hall–Kier alpha value is -1.92. The number of likely N-dealkylation sites (tertiary alicyclic amines) is 1. The highest BCUT2D eigenvalue weighted by Crippen LogP contribution is 2.38. The van der Waals surface area contributed by atoms with Gasteiger partial charge in [-0.2, -0.15) is 0 Å². The molecule has 1 aliphatic rings. The van der Waals surface area contributed by atoms with E-state index in [0.717, 1.165) is 0 Å². The number of nitrogens with one attached hydrogen (secondary N) is 1. The smallest absolute Gasteiger partial charge is 0.311 e. The molecule has 1 saturated heterocycles. The summed E-state index contributed by atoms with van der Waals surface area (Å²) in [5.74, 6) is -0.402. The van der Waals surface area contributed by atoms with Gasteiger partial charge in [-0.25, -0.2) is 4.98 Å². The lowest BCUT2D eigenvalue weighted by Crippen LogP contribution is -2.40. The van der Waals surface area contributed by atoms with Crippen LogP contribution in [-0.4, -0.2) is 50.2 Å². The number of hydrogen-bond donors (Lipinski definition) is 2. The summed E-state index contributed by atoms with van der Waals surface area (Å²) in [6.45, 7) is 6.32. The number of carbonyl (C=O) groups excluding carboxylic acids is 1. The Morgan fingerprint density at radius 3 is 2.65 bits per heavy atom. The Bertz CT molecular complexity index is 525. The van der Waals surface area contributed by atoms with Crippen molar-refractivity contribution in [3.8, 4) is 0 Å². The lowest BCUT2D eigenvalue weighted by molar-refractivity contribution is -0.150. The van der Waals surface area contributed by atoms with Crippen LogP contribution in [0, 0.1) is 11.3 Å². The van der Waals surface area contributed by atoms with E-state index >= 15 is 0 Å². The minimum absolute atomic E-state index is 0.0313. The summed E-state index contributed by atoms with van der Waals surface area (Å²) in [6.07, 6.45) is 1.14. The maximum Gasteiger partial charge on any atom is 0.311 e. The number of H-pyrrole nitrogens is 1. The number of aromatic amines is 1. The predicted molar refractivity (Wildman–Crippen MR) is 71.2 cm³/mol. The van der Waals surface area contributed by atoms with Crippen molar-refractivity contribution in [3.05, 3.63) is 11.6 Å². The number of carboxylic acids is 1. The molecule has 0 radical (unpaired) electrons. The first-order valence-electron chi connectivity index (χ1n) is 6.84. The summed E-state index contributed by atoms with van der Waals surface area (Å²) >= 11 is 0. The summed E-state index contributed by atoms with van der Waals surface area (Å²) in [4.78, 5) is 29.5. The number of carboxylic acid groups (broad SMARTS) is 1. The zero-order chi connectivity index (χ0) is 14.9. The Kier molecular flexibility index (Phi) is 3.78. The molecule has 0 spiro atoms. The monoisotopic (exact) mass is 280 g/mol. The van der Waals surface area contributed by atoms with Crippen molar-refractivity contribution in [2.24, 2.45) is 11.3 Å². The second kappa shape index (κ2) is 5.22. The van der Waals surface area contributed by atoms with Crippen LogP contribution in [0.3, 0.4) is 0 Å². The standard InChI is InChI=1S/C13H20N4O3/c1-4-9-14-10(16-15-9)11(18)17-6-5-13(7-17,8(2)3)12(19)20/h8H,4-7H2,1-3H3,(H,19,20)(H,14,15,16). The zero-order valence-electron chi connectivity index (χ0n) is 12.0. The zero-order valence-corrected chi connectivity index (χ0v) is 12.0. The molecule has 2 rings (SSSR count). The lowest BCUT2D eigenvalue weighted by Gasteiger charge is -2.28. The number of carbonyl (C=O) groups is 2. The Balaban J connectivity index is 2.16. The van der Waals surface area contributed by atoms with Gasteiger partial charge in [0.05, 0.1) is 5.41 Å². The van der Waals surface area contributed by atoms with Gasteiger partial charge in [-0.1, -0.05) is 20.8 Å². The lowest BCUT2D eigenvalue weighted by atomic mass is 9.76. The molecule has 1 aromatic rings. The van der Waals surface area contributed by atoms with Gasteiger partial charge in [-0.05, 0) is 12.3 Å². The fraction of sp³-hybridized carbons (Fsp3) is 0.692. The molecular weight excluding hydrogens is 260 g/mol. The third-order valence-electron chi connectivity index (χ3n) is 4.18. The number of nitrogens with zero attached hydrogens (tertiary/aromatic N) is 3. The van der Waals surface area contributed by atoms with E-state index in [0.29, 0.717) is 25.2 Å². The van der Waals surface area contributed by atoms with Crippen LogP contribution in [0.4, 0.5) is 0 Å². The highest BCUT2D eigenvalue weighted by atomic mass is 16.4. The van der Waals surface area contributed by atoms with Gasteiger partial charge < -0.3 is 10.0 Å². The summed E-state index contributed by atoms with van der Waals surface area (Å²) in [6, 6.07) is 0. The maximum absolute atomic E-state index is 12.3. The first-order valence-corrected chi connectivity index (χ1v) is 6.84. The maximum atomic E-state index is 12.3. The summed E-state index contributed by atoms with van der Waals surface area (Å²) < 4.78 is 0. The van der Waals surface area contributed by atoms with Crippen LogP contribution in [0.5, 0.6) is 0 Å². The van der Waals surface area contributed by atoms with Crippen LogP contribution < -0.4 is 0 Å². The number of rotatable bonds is 4. The van der Waals surface area contributed by atoms with Crippen LogP contribution in [0.15, 0.2) is 0 Å². The van der Waals surface area contributed by atoms with Gasteiger partial charge in [0.1, 0.15) is 5.82 Å². The average Bonchev–Trinajstić information content (AvgIpc) is 3.05. The fourth-order valence-corrected chi connectivity index (χ4v) is 2.59. The van der Waals surface area contributed by atoms with Crippen molar-refractivity contribution in [1.82, 2.24) is 20.1 Å². The Labute approximate surface area is 117 Å². The van der Waals surface area contributed by atoms with Gasteiger partial charge in [0, 0.05) is 19.5 Å². The second-order valence-corrected chi connectivity index (χ2v) is 5.55. The van der Waals surface area contributed by atoms with E-state index in [1.54, 1.807) is 0 Å². The third kappa shape index (κ3) is 2.28. The van der Waals surface area contributed by atoms with Crippen molar-refractivity contribution < 1.29 is 14.7 Å². The molecule has 0 aliphatic carbocycles. The van der Waals surface area contributed by atoms with E-state index in [1.165, 1.54) is 4.90 Å². The Morgan fingerprint density at radius 2 is 2.20 bits per heavy atom. The number of amides is 1. The summed E-state index contributed by atoms with van der Waals surface area (Å²) in [5.41, 5.74) is -0.862. The van der Waals surface area contributed by atoms with Crippen LogP contribution in [0.1, 0.15) is 43.6 Å². The van der Waals surface area contributed by atoms with Gasteiger partial charge in [0.15, 0.2) is 0 Å². The van der Waals surface area contributed by atoms with Gasteiger partial charge in [0.2, 0.25) is 5.82 Å². The van der Waals surface area contributed by atoms with Crippen LogP contribution >= 0.6 is 0 Å². The van der Waals surface area contributed by atoms with Gasteiger partial charge >= 0.3 is 5.97 Å². The molecule has 20 heavy (non-hydrogen) atoms. The van der Waals surface area contributed by atoms with Crippen LogP contribution in [0.25, 0.3) is 0 Å². The highest BCUT2D eigenvalue weighted by Gasteiger charge is 2.48. The number of aryl methyl sites for hydroxylation is 1. The Morgan fingerprint density at radius 1 is 1.50 bits per heavy atom. The number of aliphatic carboxylic acids is 1. The van der Waals surface area contributed by atoms with Gasteiger partial charge in [0.25, 0.3) is 5.91 Å². The number of aromatic nitrogens is 3. The SMILES string of the molecule is CCc1nc(C(=O)N2CCC(C(=O)O)(C(C)C)C2)n[nH]1. The van der Waals surface area contributed by atoms with Crippen molar-refractivity contribution in [3.63, 3.8) is 0 Å². The molecule has 0 bridgehead atoms. The molecular formula is C13H20N4O3. The third-order valence-corrected chi connectivity index (χ3v) is 4.18. The molecule has 7 nitrogen and oxygen atoms in total. The summed E-state index contributed by atoms with van der Waals surface area (Å²) in [5, 5.41) is 16.1. The molecule has 0 aromatic carbocycles. The predicted octanol–water partition coefficient (Wildman–Crippen LogP) is 0.940. The molecule has 1 aromatic heterocycles. The van der Waals surface area contributed by atoms with Crippen molar-refractivity contribution in [2.45, 2.75) is 33.6 Å². The number of hydrogen-bond acceptors (Lipinski definition) is 4. The second-order valence-electron chi connectivity index (χ2n) is 5.55. The van der Waals surface area contributed by atoms with E-state index in [-0.39, 0.29) is 24.2 Å². The van der Waals surface area contributed by atoms with E-state index in [4.69, 9.17) is 0 Å². The molecule has 110 valence electrons. The minimum atomic E-state index is -0.862. The molecule has 1 aliphatic heterocycles. The van der Waals surface area contributed by atoms with Gasteiger partial charge in [-0.15, -0.1) is 5.10 Å². The molecule has 1 unspecified atom stereocenters. The quantitative estimate of drug-likeness (QED) is 0.855. The first-order chi connectivity index (χ1) is 9.40. The fourth-order valence-electron chi connectivity index (χ4n) is 2.59. The van der Waals surface area contributed by atoms with E-state index in [9.17, 15) is 14.7 Å². The van der Waals surface area contributed by atoms with Crippen LogP contribution in [-0.2, 0) is 11.2 Å². The van der Waals surface area contributed by atoms with Crippen molar-refractivity contribution >= 4 is 11.9 Å². The largest absolute Gasteiger partial charge is 0.481 e. The molecule has 7 heteroatoms. The van der Waals surface area contributed by atoms with E-state index < -0.39 is 11.4 Å². The van der Waals surface area contributed by atoms with Crippen molar-refractivity contribution in [1.29, 1.82) is 0 Å². The molecule has 2 heterocycles. The highest BCUT2D eigenvalue weighted by molar-refractivity contribution is 5.91. The van der Waals surface area contributed by atoms with E-state index in [1.807, 2.05) is 20.8 Å². The minimum Gasteiger partial charge on any atom is -0.481 e. The molecule has 1 atom stereocenters. The topological polar surface area (TPSA) is 99.2 Å². The van der Waals surface area contributed by atoms with Crippen molar-refractivity contribution in [2.75, 3.05) is 13.1 Å². The van der Waals surface area contributed by atoms with Crippen LogP contribution in [0.2, 0.25) is 0 Å². The molecule has 2 N–H and O–H groups in total. The molecule has 1 fully saturated rings. The normalized spacial score (nSPS) is 22.5.